The lowest BCUT2D eigenvalue weighted by atomic mass is 9.95. The fraction of sp³-hybridized carbons (Fsp3) is 0.429. The Hall–Kier alpha value is -3.14. The third-order valence-electron chi connectivity index (χ3n) is 5.45. The molecule has 28 heavy (non-hydrogen) atoms. The lowest BCUT2D eigenvalue weighted by molar-refractivity contribution is 0.323. The first-order valence-electron chi connectivity index (χ1n) is 9.58. The van der Waals surface area contributed by atoms with Crippen LogP contribution in [-0.2, 0) is 0 Å². The molecule has 2 aromatic heterocycles. The highest BCUT2D eigenvalue weighted by molar-refractivity contribution is 5.48. The number of hydrogen-bond donors (Lipinski definition) is 0. The normalized spacial score (nSPS) is 16.1. The molecule has 0 amide bonds. The number of hydrogen-bond acceptors (Lipinski definition) is 7. The van der Waals surface area contributed by atoms with Gasteiger partial charge in [-0.05, 0) is 30.9 Å². The van der Waals surface area contributed by atoms with Gasteiger partial charge < -0.3 is 13.8 Å². The Morgan fingerprint density at radius 1 is 1.18 bits per heavy atom. The zero-order valence-corrected chi connectivity index (χ0v) is 16.3. The van der Waals surface area contributed by atoms with Crippen LogP contribution in [-0.4, -0.2) is 28.2 Å². The molecular weight excluding hydrogens is 354 g/mol. The molecule has 0 aliphatic carbocycles. The van der Waals surface area contributed by atoms with Crippen molar-refractivity contribution >= 4 is 5.88 Å². The maximum Gasteiger partial charge on any atom is 0.234 e. The van der Waals surface area contributed by atoms with E-state index in [9.17, 15) is 5.26 Å². The predicted molar refractivity (Wildman–Crippen MR) is 103 cm³/mol. The van der Waals surface area contributed by atoms with Gasteiger partial charge in [-0.1, -0.05) is 36.3 Å². The van der Waals surface area contributed by atoms with E-state index < -0.39 is 0 Å². The van der Waals surface area contributed by atoms with Crippen molar-refractivity contribution in [3.05, 3.63) is 58.7 Å². The van der Waals surface area contributed by atoms with Crippen LogP contribution in [0.5, 0.6) is 0 Å². The molecule has 0 radical (unpaired) electrons. The molecule has 1 saturated heterocycles. The number of aromatic nitrogens is 3. The molecule has 1 aromatic carbocycles. The van der Waals surface area contributed by atoms with Gasteiger partial charge >= 0.3 is 0 Å². The van der Waals surface area contributed by atoms with E-state index in [4.69, 9.17) is 13.9 Å². The molecule has 1 unspecified atom stereocenters. The summed E-state index contributed by atoms with van der Waals surface area (Å²) in [5, 5.41) is 13.5. The van der Waals surface area contributed by atoms with Gasteiger partial charge in [-0.3, -0.25) is 0 Å². The Labute approximate surface area is 164 Å². The van der Waals surface area contributed by atoms with Gasteiger partial charge in [0.25, 0.3) is 0 Å². The fourth-order valence-corrected chi connectivity index (χ4v) is 3.83. The van der Waals surface area contributed by atoms with Crippen LogP contribution in [0.2, 0.25) is 0 Å². The van der Waals surface area contributed by atoms with Crippen LogP contribution in [0.25, 0.3) is 0 Å². The second-order valence-electron chi connectivity index (χ2n) is 7.33. The molecule has 1 aliphatic rings. The lowest BCUT2D eigenvalue weighted by Crippen LogP contribution is -2.33. The molecule has 7 nitrogen and oxygen atoms in total. The van der Waals surface area contributed by atoms with Crippen LogP contribution in [0, 0.1) is 25.2 Å². The number of piperidine rings is 1. The number of nitrogens with zero attached hydrogens (tertiary/aromatic N) is 5. The van der Waals surface area contributed by atoms with Gasteiger partial charge in [0, 0.05) is 31.8 Å². The Morgan fingerprint density at radius 2 is 1.93 bits per heavy atom. The minimum absolute atomic E-state index is 0.0918. The molecule has 4 rings (SSSR count). The first-order chi connectivity index (χ1) is 13.6. The van der Waals surface area contributed by atoms with E-state index in [-0.39, 0.29) is 11.8 Å². The number of benzene rings is 1. The van der Waals surface area contributed by atoms with Crippen LogP contribution in [0.3, 0.4) is 0 Å². The summed E-state index contributed by atoms with van der Waals surface area (Å²) in [4.78, 5) is 10.9. The van der Waals surface area contributed by atoms with Gasteiger partial charge in [0.05, 0.1) is 0 Å². The van der Waals surface area contributed by atoms with Crippen LogP contribution in [0.15, 0.2) is 33.2 Å². The van der Waals surface area contributed by atoms with Crippen molar-refractivity contribution in [3.8, 4) is 6.07 Å². The smallest absolute Gasteiger partial charge is 0.234 e. The summed E-state index contributed by atoms with van der Waals surface area (Å²) < 4.78 is 11.2. The highest BCUT2D eigenvalue weighted by atomic mass is 16.5. The van der Waals surface area contributed by atoms with Gasteiger partial charge in [0.1, 0.15) is 6.07 Å². The van der Waals surface area contributed by atoms with E-state index in [2.05, 4.69) is 47.1 Å². The number of rotatable bonds is 4. The Balaban J connectivity index is 1.45. The zero-order valence-electron chi connectivity index (χ0n) is 16.3. The second kappa shape index (κ2) is 7.47. The lowest BCUT2D eigenvalue weighted by Gasteiger charge is -2.29. The van der Waals surface area contributed by atoms with Crippen molar-refractivity contribution in [2.45, 2.75) is 45.4 Å². The van der Waals surface area contributed by atoms with Crippen LogP contribution >= 0.6 is 0 Å². The summed E-state index contributed by atoms with van der Waals surface area (Å²) in [5.41, 5.74) is 2.79. The van der Waals surface area contributed by atoms with Crippen molar-refractivity contribution in [1.82, 2.24) is 15.1 Å². The number of oxazole rings is 1. The van der Waals surface area contributed by atoms with Gasteiger partial charge in [-0.15, -0.1) is 0 Å². The summed E-state index contributed by atoms with van der Waals surface area (Å²) in [6.45, 7) is 7.49. The number of nitriles is 1. The van der Waals surface area contributed by atoms with Crippen molar-refractivity contribution in [2.75, 3.05) is 18.0 Å². The highest BCUT2D eigenvalue weighted by Crippen LogP contribution is 2.33. The van der Waals surface area contributed by atoms with Crippen molar-refractivity contribution in [2.24, 2.45) is 0 Å². The fourth-order valence-electron chi connectivity index (χ4n) is 3.83. The van der Waals surface area contributed by atoms with E-state index in [0.29, 0.717) is 23.4 Å². The van der Waals surface area contributed by atoms with E-state index in [1.165, 1.54) is 11.1 Å². The van der Waals surface area contributed by atoms with E-state index in [1.54, 1.807) is 6.92 Å². The van der Waals surface area contributed by atoms with Crippen LogP contribution < -0.4 is 4.90 Å². The van der Waals surface area contributed by atoms with Crippen molar-refractivity contribution in [1.29, 1.82) is 5.26 Å². The molecule has 0 saturated carbocycles. The molecule has 3 heterocycles. The highest BCUT2D eigenvalue weighted by Gasteiger charge is 2.29. The molecule has 0 bridgehead atoms. The summed E-state index contributed by atoms with van der Waals surface area (Å²) in [5.74, 6) is 2.82. The van der Waals surface area contributed by atoms with E-state index in [0.717, 1.165) is 31.8 Å². The largest absolute Gasteiger partial charge is 0.424 e. The first-order valence-corrected chi connectivity index (χ1v) is 9.58. The van der Waals surface area contributed by atoms with E-state index >= 15 is 0 Å². The molecule has 1 atom stereocenters. The Morgan fingerprint density at radius 3 is 2.64 bits per heavy atom. The Bertz CT molecular complexity index is 1010. The third kappa shape index (κ3) is 3.38. The summed E-state index contributed by atoms with van der Waals surface area (Å²) in [6.07, 6.45) is 1.73. The summed E-state index contributed by atoms with van der Waals surface area (Å²) in [6, 6.07) is 10.4. The standard InChI is InChI=1S/C21H23N5O2/c1-13-6-4-5-7-17(13)14(2)19-24-20(28-25-19)16-8-10-26(11-9-16)21-18(12-22)23-15(3)27-21/h4-7,14,16H,8-11H2,1-3H3. The maximum atomic E-state index is 9.23. The van der Waals surface area contributed by atoms with Crippen LogP contribution in [0.4, 0.5) is 5.88 Å². The number of anilines is 1. The minimum Gasteiger partial charge on any atom is -0.424 e. The average molecular weight is 377 g/mol. The van der Waals surface area contributed by atoms with Gasteiger partial charge in [-0.2, -0.15) is 10.2 Å². The Kier molecular flexibility index (Phi) is 4.86. The topological polar surface area (TPSA) is 92.0 Å². The quantitative estimate of drug-likeness (QED) is 0.676. The third-order valence-corrected chi connectivity index (χ3v) is 5.45. The minimum atomic E-state index is 0.0918. The number of aryl methyl sites for hydroxylation is 2. The monoisotopic (exact) mass is 377 g/mol. The predicted octanol–water partition coefficient (Wildman–Crippen LogP) is 4.08. The molecular formula is C21H23N5O2. The molecule has 7 heteroatoms. The van der Waals surface area contributed by atoms with Crippen molar-refractivity contribution in [3.63, 3.8) is 0 Å². The van der Waals surface area contributed by atoms with Crippen molar-refractivity contribution < 1.29 is 8.94 Å². The maximum absolute atomic E-state index is 9.23. The van der Waals surface area contributed by atoms with E-state index in [1.807, 2.05) is 12.1 Å². The van der Waals surface area contributed by atoms with Crippen LogP contribution in [0.1, 0.15) is 66.0 Å². The molecule has 1 aliphatic heterocycles. The zero-order chi connectivity index (χ0) is 19.7. The molecule has 1 fully saturated rings. The van der Waals surface area contributed by atoms with Gasteiger partial charge in [0.15, 0.2) is 11.7 Å². The van der Waals surface area contributed by atoms with Gasteiger partial charge in [-0.25, -0.2) is 4.98 Å². The first kappa shape index (κ1) is 18.2. The van der Waals surface area contributed by atoms with Gasteiger partial charge in [0.2, 0.25) is 17.5 Å². The average Bonchev–Trinajstić information content (AvgIpc) is 3.35. The summed E-state index contributed by atoms with van der Waals surface area (Å²) >= 11 is 0. The molecule has 0 spiro atoms. The molecule has 0 N–H and O–H groups in total. The molecule has 3 aromatic rings. The molecule has 144 valence electrons. The SMILES string of the molecule is Cc1nc(C#N)c(N2CCC(c3nc(C(C)c4ccccc4C)no3)CC2)o1. The second-order valence-corrected chi connectivity index (χ2v) is 7.33. The summed E-state index contributed by atoms with van der Waals surface area (Å²) in [7, 11) is 0.